The Morgan fingerprint density at radius 3 is 2.53 bits per heavy atom. The summed E-state index contributed by atoms with van der Waals surface area (Å²) in [6.07, 6.45) is 3.63. The van der Waals surface area contributed by atoms with E-state index in [1.807, 2.05) is 87.9 Å². The number of pyridine rings is 2. The van der Waals surface area contributed by atoms with Crippen molar-refractivity contribution in [2.24, 2.45) is 0 Å². The van der Waals surface area contributed by atoms with Gasteiger partial charge in [-0.3, -0.25) is 14.8 Å². The van der Waals surface area contributed by atoms with Crippen molar-refractivity contribution in [1.29, 1.82) is 0 Å². The molecule has 5 rings (SSSR count). The van der Waals surface area contributed by atoms with Crippen molar-refractivity contribution < 1.29 is 0 Å². The highest BCUT2D eigenvalue weighted by atomic mass is 16.1. The van der Waals surface area contributed by atoms with Crippen molar-refractivity contribution in [1.82, 2.24) is 9.97 Å². The van der Waals surface area contributed by atoms with E-state index in [0.717, 1.165) is 39.1 Å². The van der Waals surface area contributed by atoms with E-state index >= 15 is 0 Å². The van der Waals surface area contributed by atoms with E-state index in [1.54, 1.807) is 6.20 Å². The highest BCUT2D eigenvalue weighted by molar-refractivity contribution is 5.94. The zero-order valence-corrected chi connectivity index (χ0v) is 19.5. The fourth-order valence-corrected chi connectivity index (χ4v) is 4.12. The molecule has 0 atom stereocenters. The minimum atomic E-state index is -0.0224. The van der Waals surface area contributed by atoms with Gasteiger partial charge in [0.05, 0.1) is 17.8 Å². The van der Waals surface area contributed by atoms with E-state index in [4.69, 9.17) is 0 Å². The summed E-state index contributed by atoms with van der Waals surface area (Å²) >= 11 is 0. The van der Waals surface area contributed by atoms with Crippen LogP contribution >= 0.6 is 0 Å². The van der Waals surface area contributed by atoms with Crippen LogP contribution in [0, 0.1) is 6.92 Å². The van der Waals surface area contributed by atoms with E-state index in [-0.39, 0.29) is 5.43 Å². The molecule has 0 radical (unpaired) electrons. The van der Waals surface area contributed by atoms with Gasteiger partial charge in [0.2, 0.25) is 0 Å². The standard InChI is InChI=1S/C29H26N4O/c1-19-6-5-13-30-28(19)18-31-23-11-9-20-10-12-27-26(29(34)25(20)16-23)15-22(17-32-27)21-7-4-8-24(14-21)33(2)3/h4-17,31H,18H2,1-3H3. The van der Waals surface area contributed by atoms with Gasteiger partial charge in [-0.25, -0.2) is 0 Å². The van der Waals surface area contributed by atoms with Gasteiger partial charge in [0.25, 0.3) is 0 Å². The Morgan fingerprint density at radius 1 is 0.853 bits per heavy atom. The largest absolute Gasteiger partial charge is 0.379 e. The van der Waals surface area contributed by atoms with Crippen LogP contribution in [0.25, 0.3) is 32.8 Å². The molecule has 3 aromatic carbocycles. The Bertz CT molecular complexity index is 1580. The van der Waals surface area contributed by atoms with Gasteiger partial charge in [0.15, 0.2) is 5.43 Å². The van der Waals surface area contributed by atoms with Gasteiger partial charge < -0.3 is 10.2 Å². The maximum atomic E-state index is 13.6. The molecule has 0 spiro atoms. The molecule has 0 aliphatic heterocycles. The van der Waals surface area contributed by atoms with E-state index in [1.165, 1.54) is 0 Å². The molecule has 0 aliphatic carbocycles. The third kappa shape index (κ3) is 4.20. The molecule has 0 unspecified atom stereocenters. The zero-order valence-electron chi connectivity index (χ0n) is 19.5. The molecule has 0 bridgehead atoms. The SMILES string of the molecule is Cc1cccnc1CNc1ccc2ccc3ncc(-c4cccc(N(C)C)c4)cc3c(=O)c2c1. The lowest BCUT2D eigenvalue weighted by molar-refractivity contribution is 1.02. The normalized spacial score (nSPS) is 11.0. The maximum Gasteiger partial charge on any atom is 0.195 e. The Labute approximate surface area is 198 Å². The summed E-state index contributed by atoms with van der Waals surface area (Å²) in [7, 11) is 4.03. The number of anilines is 2. The first-order valence-corrected chi connectivity index (χ1v) is 11.3. The van der Waals surface area contributed by atoms with Crippen molar-refractivity contribution in [2.45, 2.75) is 13.5 Å². The predicted molar refractivity (Wildman–Crippen MR) is 142 cm³/mol. The van der Waals surface area contributed by atoms with Crippen molar-refractivity contribution >= 4 is 33.1 Å². The highest BCUT2D eigenvalue weighted by Gasteiger charge is 2.08. The Kier molecular flexibility index (Phi) is 5.68. The molecule has 1 N–H and O–H groups in total. The lowest BCUT2D eigenvalue weighted by Crippen LogP contribution is -2.08. The summed E-state index contributed by atoms with van der Waals surface area (Å²) < 4.78 is 0. The van der Waals surface area contributed by atoms with E-state index < -0.39 is 0 Å². The second-order valence-electron chi connectivity index (χ2n) is 8.69. The molecule has 2 aromatic heterocycles. The van der Waals surface area contributed by atoms with Crippen LogP contribution < -0.4 is 15.6 Å². The van der Waals surface area contributed by atoms with Crippen LogP contribution in [-0.4, -0.2) is 24.1 Å². The van der Waals surface area contributed by atoms with Crippen LogP contribution in [0.1, 0.15) is 11.3 Å². The minimum Gasteiger partial charge on any atom is -0.379 e. The van der Waals surface area contributed by atoms with Crippen LogP contribution in [0.15, 0.2) is 90.0 Å². The second-order valence-corrected chi connectivity index (χ2v) is 8.69. The van der Waals surface area contributed by atoms with Crippen molar-refractivity contribution in [3.05, 3.63) is 107 Å². The molecule has 5 nitrogen and oxygen atoms in total. The third-order valence-corrected chi connectivity index (χ3v) is 6.16. The molecular formula is C29H26N4O. The minimum absolute atomic E-state index is 0.0224. The van der Waals surface area contributed by atoms with Gasteiger partial charge in [-0.1, -0.05) is 30.3 Å². The molecule has 5 heteroatoms. The van der Waals surface area contributed by atoms with Crippen molar-refractivity contribution in [3.8, 4) is 11.1 Å². The Hall–Kier alpha value is -4.25. The third-order valence-electron chi connectivity index (χ3n) is 6.16. The predicted octanol–water partition coefficient (Wildman–Crippen LogP) is 5.80. The van der Waals surface area contributed by atoms with E-state index in [9.17, 15) is 4.79 Å². The van der Waals surface area contributed by atoms with Gasteiger partial charge in [0.1, 0.15) is 0 Å². The highest BCUT2D eigenvalue weighted by Crippen LogP contribution is 2.26. The number of aryl methyl sites for hydroxylation is 1. The lowest BCUT2D eigenvalue weighted by atomic mass is 10.0. The first-order valence-electron chi connectivity index (χ1n) is 11.3. The number of aromatic nitrogens is 2. The van der Waals surface area contributed by atoms with Gasteiger partial charge in [-0.2, -0.15) is 0 Å². The first kappa shape index (κ1) is 21.6. The number of fused-ring (bicyclic) bond motifs is 2. The van der Waals surface area contributed by atoms with Crippen LogP contribution in [0.2, 0.25) is 0 Å². The first-order chi connectivity index (χ1) is 16.5. The topological polar surface area (TPSA) is 58.1 Å². The van der Waals surface area contributed by atoms with Gasteiger partial charge in [-0.05, 0) is 65.9 Å². The molecule has 0 amide bonds. The summed E-state index contributed by atoms with van der Waals surface area (Å²) in [5.41, 5.74) is 6.73. The molecule has 5 aromatic rings. The lowest BCUT2D eigenvalue weighted by Gasteiger charge is -2.13. The van der Waals surface area contributed by atoms with E-state index in [0.29, 0.717) is 22.8 Å². The van der Waals surface area contributed by atoms with Crippen molar-refractivity contribution in [3.63, 3.8) is 0 Å². The number of hydrogen-bond donors (Lipinski definition) is 1. The molecule has 34 heavy (non-hydrogen) atoms. The maximum absolute atomic E-state index is 13.6. The Balaban J connectivity index is 1.58. The summed E-state index contributed by atoms with van der Waals surface area (Å²) in [6, 6.07) is 24.0. The molecule has 168 valence electrons. The van der Waals surface area contributed by atoms with Gasteiger partial charge in [-0.15, -0.1) is 0 Å². The summed E-state index contributed by atoms with van der Waals surface area (Å²) in [6.45, 7) is 2.64. The van der Waals surface area contributed by atoms with Crippen LogP contribution in [0.5, 0.6) is 0 Å². The quantitative estimate of drug-likeness (QED) is 0.370. The summed E-state index contributed by atoms with van der Waals surface area (Å²) in [4.78, 5) is 24.8. The number of nitrogens with one attached hydrogen (secondary N) is 1. The van der Waals surface area contributed by atoms with Crippen LogP contribution in [-0.2, 0) is 6.54 Å². The smallest absolute Gasteiger partial charge is 0.195 e. The van der Waals surface area contributed by atoms with Crippen LogP contribution in [0.4, 0.5) is 11.4 Å². The number of hydrogen-bond acceptors (Lipinski definition) is 5. The monoisotopic (exact) mass is 446 g/mol. The molecule has 0 fully saturated rings. The zero-order chi connectivity index (χ0) is 23.7. The van der Waals surface area contributed by atoms with Crippen LogP contribution in [0.3, 0.4) is 0 Å². The number of nitrogens with zero attached hydrogens (tertiary/aromatic N) is 3. The molecule has 0 aliphatic rings. The molecule has 2 heterocycles. The second kappa shape index (κ2) is 8.94. The fourth-order valence-electron chi connectivity index (χ4n) is 4.12. The summed E-state index contributed by atoms with van der Waals surface area (Å²) in [5.74, 6) is 0. The molecular weight excluding hydrogens is 420 g/mol. The van der Waals surface area contributed by atoms with Gasteiger partial charge in [0, 0.05) is 54.2 Å². The average Bonchev–Trinajstić information content (AvgIpc) is 3.00. The average molecular weight is 447 g/mol. The fraction of sp³-hybridized carbons (Fsp3) is 0.138. The molecule has 0 saturated carbocycles. The van der Waals surface area contributed by atoms with Gasteiger partial charge >= 0.3 is 0 Å². The van der Waals surface area contributed by atoms with E-state index in [2.05, 4.69) is 32.3 Å². The van der Waals surface area contributed by atoms with Crippen molar-refractivity contribution in [2.75, 3.05) is 24.3 Å². The molecule has 0 saturated heterocycles. The number of rotatable bonds is 5. The summed E-state index contributed by atoms with van der Waals surface area (Å²) in [5, 5.41) is 5.58. The Morgan fingerprint density at radius 2 is 1.71 bits per heavy atom. The number of benzene rings is 2.